The van der Waals surface area contributed by atoms with E-state index in [9.17, 15) is 4.79 Å². The Labute approximate surface area is 132 Å². The van der Waals surface area contributed by atoms with E-state index in [0.717, 1.165) is 5.56 Å². The zero-order valence-electron chi connectivity index (χ0n) is 12.8. The summed E-state index contributed by atoms with van der Waals surface area (Å²) in [6, 6.07) is 8.48. The molecule has 3 rings (SSSR count). The summed E-state index contributed by atoms with van der Waals surface area (Å²) in [5, 5.41) is 12.3. The predicted octanol–water partition coefficient (Wildman–Crippen LogP) is 2.57. The maximum Gasteiger partial charge on any atom is 0.358 e. The number of ether oxygens (including phenoxy) is 3. The van der Waals surface area contributed by atoms with Crippen LogP contribution in [0.2, 0.25) is 0 Å². The minimum Gasteiger partial charge on any atom is -0.491 e. The van der Waals surface area contributed by atoms with Crippen LogP contribution in [-0.4, -0.2) is 41.3 Å². The van der Waals surface area contributed by atoms with Crippen LogP contribution < -0.4 is 4.74 Å². The summed E-state index contributed by atoms with van der Waals surface area (Å²) in [5.74, 6) is -0.614. The van der Waals surface area contributed by atoms with Gasteiger partial charge in [-0.2, -0.15) is 0 Å². The molecule has 0 saturated carbocycles. The maximum absolute atomic E-state index is 10.8. The molecule has 7 nitrogen and oxygen atoms in total. The lowest BCUT2D eigenvalue weighted by Gasteiger charge is -2.17. The van der Waals surface area contributed by atoms with Crippen molar-refractivity contribution in [3.63, 3.8) is 0 Å². The van der Waals surface area contributed by atoms with Crippen LogP contribution >= 0.6 is 0 Å². The quantitative estimate of drug-likeness (QED) is 0.905. The van der Waals surface area contributed by atoms with Crippen molar-refractivity contribution in [2.24, 2.45) is 0 Å². The molecule has 23 heavy (non-hydrogen) atoms. The van der Waals surface area contributed by atoms with E-state index < -0.39 is 11.8 Å². The highest BCUT2D eigenvalue weighted by Gasteiger charge is 2.32. The van der Waals surface area contributed by atoms with Gasteiger partial charge in [-0.05, 0) is 38.1 Å². The number of benzene rings is 1. The molecule has 1 N–H and O–H groups in total. The Morgan fingerprint density at radius 3 is 2.70 bits per heavy atom. The van der Waals surface area contributed by atoms with E-state index in [1.807, 2.05) is 13.8 Å². The number of carboxylic acids is 1. The van der Waals surface area contributed by atoms with Crippen molar-refractivity contribution in [1.29, 1.82) is 0 Å². The molecule has 0 spiro atoms. The van der Waals surface area contributed by atoms with Crippen molar-refractivity contribution in [2.75, 3.05) is 13.2 Å². The number of hydrogen-bond acceptors (Lipinski definition) is 6. The fourth-order valence-electron chi connectivity index (χ4n) is 2.26. The van der Waals surface area contributed by atoms with Gasteiger partial charge in [0.15, 0.2) is 17.2 Å². The molecule has 0 bridgehead atoms. The van der Waals surface area contributed by atoms with Crippen molar-refractivity contribution >= 4 is 5.97 Å². The zero-order chi connectivity index (χ0) is 16.4. The van der Waals surface area contributed by atoms with Crippen molar-refractivity contribution in [3.8, 4) is 17.1 Å². The van der Waals surface area contributed by atoms with Gasteiger partial charge in [0.1, 0.15) is 18.5 Å². The van der Waals surface area contributed by atoms with Crippen LogP contribution in [0.5, 0.6) is 5.75 Å². The number of nitrogens with zero attached hydrogens (tertiary/aromatic N) is 1. The molecule has 122 valence electrons. The fraction of sp³-hybridized carbons (Fsp3) is 0.375. The molecule has 1 atom stereocenters. The molecule has 1 fully saturated rings. The second kappa shape index (κ2) is 6.02. The molecule has 2 aromatic rings. The van der Waals surface area contributed by atoms with E-state index in [0.29, 0.717) is 24.7 Å². The molecule has 1 saturated heterocycles. The number of carboxylic acid groups (broad SMARTS) is 1. The van der Waals surface area contributed by atoms with Gasteiger partial charge in [0, 0.05) is 11.6 Å². The van der Waals surface area contributed by atoms with Gasteiger partial charge in [-0.15, -0.1) is 0 Å². The third kappa shape index (κ3) is 3.69. The summed E-state index contributed by atoms with van der Waals surface area (Å²) in [4.78, 5) is 10.8. The summed E-state index contributed by atoms with van der Waals surface area (Å²) in [6.07, 6.45) is -0.0999. The highest BCUT2D eigenvalue weighted by Crippen LogP contribution is 2.25. The second-order valence-electron chi connectivity index (χ2n) is 5.67. The molecule has 1 aromatic carbocycles. The van der Waals surface area contributed by atoms with E-state index in [4.69, 9.17) is 23.8 Å². The van der Waals surface area contributed by atoms with E-state index in [2.05, 4.69) is 5.16 Å². The molecule has 1 aliphatic rings. The fourth-order valence-corrected chi connectivity index (χ4v) is 2.26. The maximum atomic E-state index is 10.8. The number of aromatic nitrogens is 1. The topological polar surface area (TPSA) is 91.0 Å². The Hall–Kier alpha value is -2.38. The van der Waals surface area contributed by atoms with Crippen molar-refractivity contribution in [2.45, 2.75) is 25.7 Å². The monoisotopic (exact) mass is 319 g/mol. The highest BCUT2D eigenvalue weighted by atomic mass is 16.7. The first-order valence-electron chi connectivity index (χ1n) is 7.18. The predicted molar refractivity (Wildman–Crippen MR) is 79.3 cm³/mol. The number of hydrogen-bond donors (Lipinski definition) is 1. The Kier molecular flexibility index (Phi) is 4.06. The van der Waals surface area contributed by atoms with Crippen LogP contribution in [0.3, 0.4) is 0 Å². The molecule has 7 heteroatoms. The average molecular weight is 319 g/mol. The van der Waals surface area contributed by atoms with Gasteiger partial charge in [-0.25, -0.2) is 4.79 Å². The smallest absolute Gasteiger partial charge is 0.358 e. The van der Waals surface area contributed by atoms with Crippen LogP contribution in [0.15, 0.2) is 34.9 Å². The largest absolute Gasteiger partial charge is 0.491 e. The molecule has 0 aliphatic carbocycles. The number of carbonyl (C=O) groups is 1. The van der Waals surface area contributed by atoms with Gasteiger partial charge >= 0.3 is 5.97 Å². The Balaban J connectivity index is 1.59. The Morgan fingerprint density at radius 2 is 2.13 bits per heavy atom. The number of aromatic carboxylic acids is 1. The second-order valence-corrected chi connectivity index (χ2v) is 5.67. The van der Waals surface area contributed by atoms with Gasteiger partial charge in [0.05, 0.1) is 6.61 Å². The lowest BCUT2D eigenvalue weighted by molar-refractivity contribution is -0.141. The van der Waals surface area contributed by atoms with Crippen LogP contribution in [-0.2, 0) is 9.47 Å². The SMILES string of the molecule is CC1(C)OCC(COc2ccc(-c3cc(C(=O)O)no3)cc2)O1. The summed E-state index contributed by atoms with van der Waals surface area (Å²) in [5.41, 5.74) is 0.597. The first-order chi connectivity index (χ1) is 10.9. The van der Waals surface area contributed by atoms with E-state index in [1.165, 1.54) is 6.07 Å². The molecular formula is C16H17NO6. The van der Waals surface area contributed by atoms with Gasteiger partial charge in [0.2, 0.25) is 0 Å². The Morgan fingerprint density at radius 1 is 1.39 bits per heavy atom. The lowest BCUT2D eigenvalue weighted by atomic mass is 10.1. The van der Waals surface area contributed by atoms with Crippen molar-refractivity contribution in [3.05, 3.63) is 36.0 Å². The number of rotatable bonds is 5. The van der Waals surface area contributed by atoms with Gasteiger partial charge in [-0.3, -0.25) is 0 Å². The van der Waals surface area contributed by atoms with E-state index >= 15 is 0 Å². The van der Waals surface area contributed by atoms with Crippen LogP contribution in [0.4, 0.5) is 0 Å². The summed E-state index contributed by atoms with van der Waals surface area (Å²) >= 11 is 0. The molecule has 2 heterocycles. The minimum absolute atomic E-state index is 0.0999. The van der Waals surface area contributed by atoms with Crippen molar-refractivity contribution < 1.29 is 28.6 Å². The van der Waals surface area contributed by atoms with Crippen molar-refractivity contribution in [1.82, 2.24) is 5.16 Å². The minimum atomic E-state index is -1.12. The molecule has 1 aromatic heterocycles. The first-order valence-corrected chi connectivity index (χ1v) is 7.18. The average Bonchev–Trinajstić information content (AvgIpc) is 3.12. The summed E-state index contributed by atoms with van der Waals surface area (Å²) < 4.78 is 21.8. The first kappa shape index (κ1) is 15.5. The molecule has 1 unspecified atom stereocenters. The molecule has 0 amide bonds. The third-order valence-corrected chi connectivity index (χ3v) is 3.37. The molecule has 0 radical (unpaired) electrons. The third-order valence-electron chi connectivity index (χ3n) is 3.37. The molecular weight excluding hydrogens is 302 g/mol. The summed E-state index contributed by atoms with van der Waals surface area (Å²) in [7, 11) is 0. The highest BCUT2D eigenvalue weighted by molar-refractivity contribution is 5.86. The van der Waals surface area contributed by atoms with Gasteiger partial charge < -0.3 is 23.8 Å². The summed E-state index contributed by atoms with van der Waals surface area (Å²) in [6.45, 7) is 4.63. The lowest BCUT2D eigenvalue weighted by Crippen LogP contribution is -2.25. The standard InChI is InChI=1S/C16H17NO6/c1-16(2)21-9-12(22-16)8-20-11-5-3-10(4-6-11)14-7-13(15(18)19)17-23-14/h3-7,12H,8-9H2,1-2H3,(H,18,19). The van der Waals surface area contributed by atoms with Crippen LogP contribution in [0, 0.1) is 0 Å². The van der Waals surface area contributed by atoms with E-state index in [-0.39, 0.29) is 11.8 Å². The van der Waals surface area contributed by atoms with Crippen LogP contribution in [0.1, 0.15) is 24.3 Å². The van der Waals surface area contributed by atoms with Gasteiger partial charge in [-0.1, -0.05) is 5.16 Å². The zero-order valence-corrected chi connectivity index (χ0v) is 12.8. The van der Waals surface area contributed by atoms with Crippen LogP contribution in [0.25, 0.3) is 11.3 Å². The molecule has 1 aliphatic heterocycles. The van der Waals surface area contributed by atoms with E-state index in [1.54, 1.807) is 24.3 Å². The van der Waals surface area contributed by atoms with Gasteiger partial charge in [0.25, 0.3) is 0 Å². The normalized spacial score (nSPS) is 19.7. The Bertz CT molecular complexity index is 691.